The second-order valence-electron chi connectivity index (χ2n) is 12.3. The fourth-order valence-electron chi connectivity index (χ4n) is 4.89. The number of aliphatic hydroxyl groups excluding tert-OH is 3. The van der Waals surface area contributed by atoms with Gasteiger partial charge in [-0.1, -0.05) is 112 Å². The summed E-state index contributed by atoms with van der Waals surface area (Å²) < 4.78 is 21.4. The van der Waals surface area contributed by atoms with E-state index in [9.17, 15) is 34.8 Å². The maximum absolute atomic E-state index is 12.6. The van der Waals surface area contributed by atoms with Crippen molar-refractivity contribution in [3.8, 4) is 0 Å². The molecule has 1 fully saturated rings. The standard InChI is InChI=1S/C40H62O11/c1-3-5-7-9-11-13-15-16-17-18-19-21-22-24-26-28-33(41)48-30-32(31-49-40-37(45)35(43)36(44)38(51-40)39(46)47)50-34(42)29-27-25-23-20-14-12-10-8-6-4-2/h5,7-8,10-11,13,16-17,19,21,24,26,32,35-38,40,43-45H,3-4,6,9,12,14-15,18,20,22-23,25,27-31H2,1-2H3,(H,46,47)/b7-5-,10-8-,13-11-,17-16-,21-19-,26-24-. The number of hydrogen-bond donors (Lipinski definition) is 4. The number of hydrogen-bond acceptors (Lipinski definition) is 10. The molecule has 288 valence electrons. The molecular formula is C40H62O11. The zero-order valence-corrected chi connectivity index (χ0v) is 30.6. The Labute approximate surface area is 304 Å². The lowest BCUT2D eigenvalue weighted by atomic mass is 9.99. The van der Waals surface area contributed by atoms with Crippen LogP contribution in [0.15, 0.2) is 72.9 Å². The van der Waals surface area contributed by atoms with Gasteiger partial charge < -0.3 is 39.4 Å². The van der Waals surface area contributed by atoms with Crippen LogP contribution in [0.4, 0.5) is 0 Å². The van der Waals surface area contributed by atoms with E-state index in [1.54, 1.807) is 6.08 Å². The maximum Gasteiger partial charge on any atom is 0.335 e. The highest BCUT2D eigenvalue weighted by Crippen LogP contribution is 2.23. The first-order valence-corrected chi connectivity index (χ1v) is 18.5. The zero-order chi connectivity index (χ0) is 37.5. The van der Waals surface area contributed by atoms with Gasteiger partial charge in [-0.2, -0.15) is 0 Å². The quantitative estimate of drug-likeness (QED) is 0.0392. The van der Waals surface area contributed by atoms with E-state index in [-0.39, 0.29) is 19.4 Å². The number of aliphatic carboxylic acids is 1. The summed E-state index contributed by atoms with van der Waals surface area (Å²) in [4.78, 5) is 36.5. The van der Waals surface area contributed by atoms with E-state index in [0.717, 1.165) is 70.6 Å². The Morgan fingerprint density at radius 3 is 1.82 bits per heavy atom. The van der Waals surface area contributed by atoms with Gasteiger partial charge in [-0.25, -0.2) is 4.79 Å². The fraction of sp³-hybridized carbons (Fsp3) is 0.625. The Morgan fingerprint density at radius 1 is 0.647 bits per heavy atom. The summed E-state index contributed by atoms with van der Waals surface area (Å²) in [7, 11) is 0. The van der Waals surface area contributed by atoms with Crippen LogP contribution >= 0.6 is 0 Å². The Bertz CT molecular complexity index is 1120. The number of unbranched alkanes of at least 4 members (excludes halogenated alkanes) is 6. The van der Waals surface area contributed by atoms with Crippen LogP contribution in [0.25, 0.3) is 0 Å². The summed E-state index contributed by atoms with van der Waals surface area (Å²) in [6.07, 6.45) is 27.2. The Morgan fingerprint density at radius 2 is 1.22 bits per heavy atom. The first-order valence-electron chi connectivity index (χ1n) is 18.5. The van der Waals surface area contributed by atoms with E-state index < -0.39 is 61.3 Å². The molecule has 6 atom stereocenters. The molecule has 0 bridgehead atoms. The third-order valence-electron chi connectivity index (χ3n) is 7.80. The van der Waals surface area contributed by atoms with Crippen LogP contribution < -0.4 is 0 Å². The number of ether oxygens (including phenoxy) is 4. The van der Waals surface area contributed by atoms with E-state index in [4.69, 9.17) is 18.9 Å². The Hall–Kier alpha value is -3.35. The summed E-state index contributed by atoms with van der Waals surface area (Å²) >= 11 is 0. The molecule has 1 aliphatic heterocycles. The van der Waals surface area contributed by atoms with Gasteiger partial charge in [0, 0.05) is 6.42 Å². The van der Waals surface area contributed by atoms with Gasteiger partial charge in [-0.05, 0) is 57.8 Å². The molecule has 1 aliphatic rings. The van der Waals surface area contributed by atoms with Crippen molar-refractivity contribution in [1.29, 1.82) is 0 Å². The molecule has 1 heterocycles. The van der Waals surface area contributed by atoms with Crippen LogP contribution in [-0.2, 0) is 33.3 Å². The topological polar surface area (TPSA) is 169 Å². The van der Waals surface area contributed by atoms with Gasteiger partial charge in [0.1, 0.15) is 24.9 Å². The number of carboxylic acids is 1. The number of carboxylic acid groups (broad SMARTS) is 1. The SMILES string of the molecule is CC/C=C\C/C=C\C/C=C\C/C=C\C/C=C\CC(=O)OCC(COC1OC(C(=O)O)C(O)C(O)C1O)OC(=O)CCCCCCC/C=C\CCC. The van der Waals surface area contributed by atoms with Gasteiger partial charge in [0.15, 0.2) is 18.5 Å². The smallest absolute Gasteiger partial charge is 0.335 e. The molecular weight excluding hydrogens is 656 g/mol. The molecule has 0 aromatic rings. The highest BCUT2D eigenvalue weighted by atomic mass is 16.7. The van der Waals surface area contributed by atoms with E-state index >= 15 is 0 Å². The minimum absolute atomic E-state index is 0.00172. The van der Waals surface area contributed by atoms with Crippen LogP contribution in [0, 0.1) is 0 Å². The van der Waals surface area contributed by atoms with Crippen LogP contribution in [0.5, 0.6) is 0 Å². The first-order chi connectivity index (χ1) is 24.7. The molecule has 4 N–H and O–H groups in total. The number of carbonyl (C=O) groups is 3. The van der Waals surface area contributed by atoms with Gasteiger partial charge in [0.25, 0.3) is 0 Å². The van der Waals surface area contributed by atoms with Gasteiger partial charge in [-0.15, -0.1) is 0 Å². The van der Waals surface area contributed by atoms with E-state index in [1.807, 2.05) is 18.2 Å². The third-order valence-corrected chi connectivity index (χ3v) is 7.80. The second-order valence-corrected chi connectivity index (χ2v) is 12.3. The molecule has 0 radical (unpaired) electrons. The second kappa shape index (κ2) is 30.3. The first kappa shape index (κ1) is 45.7. The van der Waals surface area contributed by atoms with Crippen LogP contribution in [0.2, 0.25) is 0 Å². The van der Waals surface area contributed by atoms with Crippen molar-refractivity contribution >= 4 is 17.9 Å². The van der Waals surface area contributed by atoms with Gasteiger partial charge in [-0.3, -0.25) is 9.59 Å². The fourth-order valence-corrected chi connectivity index (χ4v) is 4.89. The molecule has 6 unspecified atom stereocenters. The minimum atomic E-state index is -1.87. The van der Waals surface area contributed by atoms with Gasteiger partial charge in [0.2, 0.25) is 0 Å². The van der Waals surface area contributed by atoms with Crippen molar-refractivity contribution in [3.63, 3.8) is 0 Å². The summed E-state index contributed by atoms with van der Waals surface area (Å²) in [5, 5.41) is 39.6. The lowest BCUT2D eigenvalue weighted by molar-refractivity contribution is -0.298. The molecule has 11 nitrogen and oxygen atoms in total. The predicted molar refractivity (Wildman–Crippen MR) is 197 cm³/mol. The number of aliphatic hydroxyl groups is 3. The lowest BCUT2D eigenvalue weighted by Crippen LogP contribution is -2.60. The molecule has 1 rings (SSSR count). The average Bonchev–Trinajstić information content (AvgIpc) is 3.11. The summed E-state index contributed by atoms with van der Waals surface area (Å²) in [5.74, 6) is -2.63. The average molecular weight is 719 g/mol. The highest BCUT2D eigenvalue weighted by Gasteiger charge is 2.47. The van der Waals surface area contributed by atoms with Crippen molar-refractivity contribution in [3.05, 3.63) is 72.9 Å². The van der Waals surface area contributed by atoms with Crippen molar-refractivity contribution in [2.24, 2.45) is 0 Å². The van der Waals surface area contributed by atoms with E-state index in [2.05, 4.69) is 62.5 Å². The van der Waals surface area contributed by atoms with Crippen molar-refractivity contribution in [2.45, 2.75) is 147 Å². The van der Waals surface area contributed by atoms with Crippen LogP contribution in [-0.4, -0.2) is 88.4 Å². The normalized spacial score (nSPS) is 21.9. The molecule has 11 heteroatoms. The van der Waals surface area contributed by atoms with Crippen molar-refractivity contribution < 1.29 is 53.8 Å². The molecule has 0 spiro atoms. The molecule has 0 saturated carbocycles. The third kappa shape index (κ3) is 23.0. The number of rotatable bonds is 28. The van der Waals surface area contributed by atoms with Crippen molar-refractivity contribution in [2.75, 3.05) is 13.2 Å². The molecule has 0 aliphatic carbocycles. The molecule has 0 aromatic heterocycles. The van der Waals surface area contributed by atoms with Crippen LogP contribution in [0.1, 0.15) is 110 Å². The zero-order valence-electron chi connectivity index (χ0n) is 30.6. The molecule has 51 heavy (non-hydrogen) atoms. The summed E-state index contributed by atoms with van der Waals surface area (Å²) in [6, 6.07) is 0. The minimum Gasteiger partial charge on any atom is -0.479 e. The Kier molecular flexibility index (Phi) is 27.1. The summed E-state index contributed by atoms with van der Waals surface area (Å²) in [5.41, 5.74) is 0. The highest BCUT2D eigenvalue weighted by molar-refractivity contribution is 5.73. The molecule has 0 aromatic carbocycles. The number of carbonyl (C=O) groups excluding carboxylic acids is 2. The largest absolute Gasteiger partial charge is 0.479 e. The van der Waals surface area contributed by atoms with Gasteiger partial charge in [0.05, 0.1) is 13.0 Å². The van der Waals surface area contributed by atoms with Gasteiger partial charge >= 0.3 is 17.9 Å². The molecule has 0 amide bonds. The maximum atomic E-state index is 12.6. The van der Waals surface area contributed by atoms with E-state index in [0.29, 0.717) is 12.8 Å². The van der Waals surface area contributed by atoms with Crippen molar-refractivity contribution in [1.82, 2.24) is 0 Å². The number of allylic oxidation sites excluding steroid dienone is 11. The van der Waals surface area contributed by atoms with Crippen LogP contribution in [0.3, 0.4) is 0 Å². The molecule has 1 saturated heterocycles. The predicted octanol–water partition coefficient (Wildman–Crippen LogP) is 6.58. The monoisotopic (exact) mass is 718 g/mol. The number of esters is 2. The summed E-state index contributed by atoms with van der Waals surface area (Å²) in [6.45, 7) is 3.49. The lowest BCUT2D eigenvalue weighted by Gasteiger charge is -2.38. The Balaban J connectivity index is 2.54. The van der Waals surface area contributed by atoms with E-state index in [1.165, 1.54) is 0 Å².